The van der Waals surface area contributed by atoms with E-state index in [-0.39, 0.29) is 5.28 Å². The highest BCUT2D eigenvalue weighted by Crippen LogP contribution is 2.19. The first-order valence-corrected chi connectivity index (χ1v) is 8.00. The molecule has 0 radical (unpaired) electrons. The number of halogens is 1. The molecule has 0 aromatic carbocycles. The van der Waals surface area contributed by atoms with Crippen LogP contribution in [-0.2, 0) is 0 Å². The van der Waals surface area contributed by atoms with Crippen LogP contribution in [0.1, 0.15) is 52.4 Å². The van der Waals surface area contributed by atoms with Gasteiger partial charge in [0.05, 0.1) is 0 Å². The Kier molecular flexibility index (Phi) is 5.83. The van der Waals surface area contributed by atoms with Crippen LogP contribution in [0.2, 0.25) is 5.28 Å². The quantitative estimate of drug-likeness (QED) is 0.871. The van der Waals surface area contributed by atoms with E-state index in [0.717, 1.165) is 19.5 Å². The zero-order chi connectivity index (χ0) is 14.4. The predicted molar refractivity (Wildman–Crippen MR) is 83.5 cm³/mol. The molecule has 1 aliphatic rings. The molecule has 1 atom stereocenters. The van der Waals surface area contributed by atoms with Crippen molar-refractivity contribution in [3.8, 4) is 0 Å². The predicted octanol–water partition coefficient (Wildman–Crippen LogP) is 3.51. The van der Waals surface area contributed by atoms with Crippen molar-refractivity contribution in [2.45, 2.75) is 58.4 Å². The molecule has 20 heavy (non-hydrogen) atoms. The summed E-state index contributed by atoms with van der Waals surface area (Å²) in [6, 6.07) is 0.350. The van der Waals surface area contributed by atoms with Gasteiger partial charge in [0.1, 0.15) is 0 Å². The molecule has 5 nitrogen and oxygen atoms in total. The molecule has 112 valence electrons. The monoisotopic (exact) mass is 297 g/mol. The lowest BCUT2D eigenvalue weighted by Gasteiger charge is -2.26. The van der Waals surface area contributed by atoms with Gasteiger partial charge in [0.15, 0.2) is 0 Å². The largest absolute Gasteiger partial charge is 0.352 e. The van der Waals surface area contributed by atoms with Crippen LogP contribution in [0.3, 0.4) is 0 Å². The van der Waals surface area contributed by atoms with Gasteiger partial charge in [0.2, 0.25) is 17.2 Å². The first kappa shape index (κ1) is 15.3. The Balaban J connectivity index is 2.03. The van der Waals surface area contributed by atoms with Crippen LogP contribution in [0.4, 0.5) is 11.9 Å². The maximum Gasteiger partial charge on any atom is 0.231 e. The SMILES string of the molecule is CCCCC(C)Nc1nc(Cl)nc(N2CCCCC2)n1. The minimum absolute atomic E-state index is 0.269. The van der Waals surface area contributed by atoms with Gasteiger partial charge >= 0.3 is 0 Å². The molecule has 0 spiro atoms. The Morgan fingerprint density at radius 3 is 2.65 bits per heavy atom. The van der Waals surface area contributed by atoms with Gasteiger partial charge in [0.25, 0.3) is 0 Å². The number of nitrogens with one attached hydrogen (secondary N) is 1. The number of hydrogen-bond donors (Lipinski definition) is 1. The lowest BCUT2D eigenvalue weighted by Crippen LogP contribution is -2.31. The minimum atomic E-state index is 0.269. The summed E-state index contributed by atoms with van der Waals surface area (Å²) in [7, 11) is 0. The third-order valence-corrected chi connectivity index (χ3v) is 3.77. The van der Waals surface area contributed by atoms with Crippen LogP contribution in [0.25, 0.3) is 0 Å². The van der Waals surface area contributed by atoms with E-state index in [9.17, 15) is 0 Å². The lowest BCUT2D eigenvalue weighted by atomic mass is 10.1. The Labute approximate surface area is 126 Å². The number of anilines is 2. The third-order valence-electron chi connectivity index (χ3n) is 3.60. The van der Waals surface area contributed by atoms with Crippen LogP contribution >= 0.6 is 11.6 Å². The van der Waals surface area contributed by atoms with Gasteiger partial charge in [-0.25, -0.2) is 0 Å². The fourth-order valence-corrected chi connectivity index (χ4v) is 2.60. The molecule has 1 aromatic rings. The molecule has 1 aliphatic heterocycles. The van der Waals surface area contributed by atoms with Gasteiger partial charge in [-0.2, -0.15) is 15.0 Å². The van der Waals surface area contributed by atoms with E-state index in [0.29, 0.717) is 17.9 Å². The van der Waals surface area contributed by atoms with Crippen molar-refractivity contribution < 1.29 is 0 Å². The summed E-state index contributed by atoms with van der Waals surface area (Å²) in [4.78, 5) is 15.1. The zero-order valence-corrected chi connectivity index (χ0v) is 13.2. The number of unbranched alkanes of at least 4 members (excludes halogenated alkanes) is 1. The Morgan fingerprint density at radius 2 is 1.95 bits per heavy atom. The van der Waals surface area contributed by atoms with Crippen LogP contribution in [-0.4, -0.2) is 34.1 Å². The molecule has 1 N–H and O–H groups in total. The molecule has 1 saturated heterocycles. The summed E-state index contributed by atoms with van der Waals surface area (Å²) in [5.41, 5.74) is 0. The highest BCUT2D eigenvalue weighted by molar-refractivity contribution is 6.28. The van der Waals surface area contributed by atoms with Gasteiger partial charge in [-0.1, -0.05) is 19.8 Å². The van der Waals surface area contributed by atoms with E-state index < -0.39 is 0 Å². The fourth-order valence-electron chi connectivity index (χ4n) is 2.44. The number of piperidine rings is 1. The number of nitrogens with zero attached hydrogens (tertiary/aromatic N) is 4. The Morgan fingerprint density at radius 1 is 1.20 bits per heavy atom. The molecule has 2 rings (SSSR count). The van der Waals surface area contributed by atoms with E-state index in [2.05, 4.69) is 39.0 Å². The molecule has 0 bridgehead atoms. The lowest BCUT2D eigenvalue weighted by molar-refractivity contribution is 0.567. The van der Waals surface area contributed by atoms with Crippen molar-refractivity contribution in [2.75, 3.05) is 23.3 Å². The maximum absolute atomic E-state index is 6.03. The topological polar surface area (TPSA) is 53.9 Å². The smallest absolute Gasteiger partial charge is 0.231 e. The normalized spacial score (nSPS) is 17.1. The summed E-state index contributed by atoms with van der Waals surface area (Å²) in [5, 5.41) is 3.59. The number of rotatable bonds is 6. The third kappa shape index (κ3) is 4.47. The van der Waals surface area contributed by atoms with E-state index in [4.69, 9.17) is 11.6 Å². The van der Waals surface area contributed by atoms with Gasteiger partial charge in [-0.05, 0) is 44.2 Å². The molecule has 0 aliphatic carbocycles. The van der Waals surface area contributed by atoms with Gasteiger partial charge < -0.3 is 10.2 Å². The Bertz CT molecular complexity index is 420. The van der Waals surface area contributed by atoms with E-state index >= 15 is 0 Å². The van der Waals surface area contributed by atoms with Crippen LogP contribution in [0, 0.1) is 0 Å². The summed E-state index contributed by atoms with van der Waals surface area (Å²) in [6.07, 6.45) is 7.18. The molecule has 2 heterocycles. The van der Waals surface area contributed by atoms with Crippen molar-refractivity contribution in [3.05, 3.63) is 5.28 Å². The molecule has 0 saturated carbocycles. The van der Waals surface area contributed by atoms with Crippen molar-refractivity contribution in [1.82, 2.24) is 15.0 Å². The van der Waals surface area contributed by atoms with E-state index in [1.165, 1.54) is 32.1 Å². The van der Waals surface area contributed by atoms with Crippen molar-refractivity contribution in [2.24, 2.45) is 0 Å². The molecule has 1 unspecified atom stereocenters. The van der Waals surface area contributed by atoms with Gasteiger partial charge in [-0.15, -0.1) is 0 Å². The fraction of sp³-hybridized carbons (Fsp3) is 0.786. The van der Waals surface area contributed by atoms with Crippen molar-refractivity contribution >= 4 is 23.5 Å². The van der Waals surface area contributed by atoms with E-state index in [1.54, 1.807) is 0 Å². The second-order valence-corrected chi connectivity index (χ2v) is 5.80. The molecular weight excluding hydrogens is 274 g/mol. The van der Waals surface area contributed by atoms with Gasteiger partial charge in [-0.3, -0.25) is 0 Å². The van der Waals surface area contributed by atoms with Crippen LogP contribution in [0.5, 0.6) is 0 Å². The van der Waals surface area contributed by atoms with Crippen molar-refractivity contribution in [3.63, 3.8) is 0 Å². The second kappa shape index (κ2) is 7.62. The molecule has 1 fully saturated rings. The average Bonchev–Trinajstić information content (AvgIpc) is 2.45. The van der Waals surface area contributed by atoms with Crippen LogP contribution in [0.15, 0.2) is 0 Å². The minimum Gasteiger partial charge on any atom is -0.352 e. The summed E-state index contributed by atoms with van der Waals surface area (Å²) in [6.45, 7) is 6.35. The number of hydrogen-bond acceptors (Lipinski definition) is 5. The van der Waals surface area contributed by atoms with Crippen LogP contribution < -0.4 is 10.2 Å². The maximum atomic E-state index is 6.03. The standard InChI is InChI=1S/C14H24ClN5/c1-3-4-8-11(2)16-13-17-12(15)18-14(19-13)20-9-6-5-7-10-20/h11H,3-10H2,1-2H3,(H,16,17,18,19). The highest BCUT2D eigenvalue weighted by Gasteiger charge is 2.16. The van der Waals surface area contributed by atoms with Crippen molar-refractivity contribution in [1.29, 1.82) is 0 Å². The zero-order valence-electron chi connectivity index (χ0n) is 12.4. The number of aromatic nitrogens is 3. The summed E-state index contributed by atoms with van der Waals surface area (Å²) < 4.78 is 0. The molecule has 1 aromatic heterocycles. The second-order valence-electron chi connectivity index (χ2n) is 5.46. The molecule has 0 amide bonds. The van der Waals surface area contributed by atoms with E-state index in [1.807, 2.05) is 0 Å². The summed E-state index contributed by atoms with van der Waals surface area (Å²) >= 11 is 6.03. The average molecular weight is 298 g/mol. The molecule has 6 heteroatoms. The van der Waals surface area contributed by atoms with Gasteiger partial charge in [0, 0.05) is 19.1 Å². The highest BCUT2D eigenvalue weighted by atomic mass is 35.5. The first-order chi connectivity index (χ1) is 9.69. The first-order valence-electron chi connectivity index (χ1n) is 7.62. The Hall–Kier alpha value is -1.10. The summed E-state index contributed by atoms with van der Waals surface area (Å²) in [5.74, 6) is 1.30. The molecular formula is C14H24ClN5.